The SMILES string of the molecule is CCC(CC)C(O)CNc1nc(NN)nc2ccccc12. The first-order valence-electron chi connectivity index (χ1n) is 7.34. The van der Waals surface area contributed by atoms with Crippen LogP contribution in [0.2, 0.25) is 0 Å². The van der Waals surface area contributed by atoms with Gasteiger partial charge in [0.05, 0.1) is 11.6 Å². The Morgan fingerprint density at radius 2 is 1.90 bits per heavy atom. The highest BCUT2D eigenvalue weighted by molar-refractivity contribution is 5.89. The molecule has 0 spiro atoms. The lowest BCUT2D eigenvalue weighted by molar-refractivity contribution is 0.114. The topological polar surface area (TPSA) is 96.1 Å². The van der Waals surface area contributed by atoms with Crippen molar-refractivity contribution in [3.63, 3.8) is 0 Å². The molecule has 0 saturated heterocycles. The highest BCUT2D eigenvalue weighted by atomic mass is 16.3. The summed E-state index contributed by atoms with van der Waals surface area (Å²) in [5.41, 5.74) is 3.27. The number of nitrogens with one attached hydrogen (secondary N) is 2. The molecule has 1 atom stereocenters. The standard InChI is InChI=1S/C15H23N5O/c1-3-10(4-2)13(21)9-17-14-11-7-5-6-8-12(11)18-15(19-14)20-16/h5-8,10,13,21H,3-4,9,16H2,1-2H3,(H2,17,18,19,20). The summed E-state index contributed by atoms with van der Waals surface area (Å²) in [7, 11) is 0. The Balaban J connectivity index is 2.21. The molecular formula is C15H23N5O. The van der Waals surface area contributed by atoms with Gasteiger partial charge in [0.1, 0.15) is 5.82 Å². The second-order valence-corrected chi connectivity index (χ2v) is 5.08. The number of para-hydroxylation sites is 1. The molecule has 0 aliphatic heterocycles. The molecule has 1 aromatic heterocycles. The minimum Gasteiger partial charge on any atom is -0.391 e. The molecule has 1 heterocycles. The van der Waals surface area contributed by atoms with E-state index in [0.29, 0.717) is 18.3 Å². The van der Waals surface area contributed by atoms with E-state index in [0.717, 1.165) is 23.7 Å². The summed E-state index contributed by atoms with van der Waals surface area (Å²) in [6.07, 6.45) is 1.52. The van der Waals surface area contributed by atoms with Crippen LogP contribution < -0.4 is 16.6 Å². The zero-order valence-electron chi connectivity index (χ0n) is 12.5. The van der Waals surface area contributed by atoms with E-state index in [1.165, 1.54) is 0 Å². The molecular weight excluding hydrogens is 266 g/mol. The maximum Gasteiger partial charge on any atom is 0.239 e. The lowest BCUT2D eigenvalue weighted by Crippen LogP contribution is -2.28. The summed E-state index contributed by atoms with van der Waals surface area (Å²) in [5, 5.41) is 14.3. The van der Waals surface area contributed by atoms with Crippen LogP contribution in [0.4, 0.5) is 11.8 Å². The lowest BCUT2D eigenvalue weighted by atomic mass is 9.96. The van der Waals surface area contributed by atoms with E-state index >= 15 is 0 Å². The first-order valence-corrected chi connectivity index (χ1v) is 7.34. The number of hydrazine groups is 1. The van der Waals surface area contributed by atoms with Crippen molar-refractivity contribution in [2.75, 3.05) is 17.3 Å². The number of fused-ring (bicyclic) bond motifs is 1. The van der Waals surface area contributed by atoms with Crippen LogP contribution >= 0.6 is 0 Å². The Morgan fingerprint density at radius 3 is 2.57 bits per heavy atom. The number of nitrogens with zero attached hydrogens (tertiary/aromatic N) is 2. The molecule has 0 fully saturated rings. The van der Waals surface area contributed by atoms with Gasteiger partial charge in [-0.2, -0.15) is 4.98 Å². The number of hydrogen-bond donors (Lipinski definition) is 4. The van der Waals surface area contributed by atoms with Crippen LogP contribution in [0.3, 0.4) is 0 Å². The molecule has 21 heavy (non-hydrogen) atoms. The van der Waals surface area contributed by atoms with E-state index < -0.39 is 6.10 Å². The van der Waals surface area contributed by atoms with Crippen molar-refractivity contribution >= 4 is 22.7 Å². The third-order valence-electron chi connectivity index (χ3n) is 3.80. The van der Waals surface area contributed by atoms with Gasteiger partial charge in [0.2, 0.25) is 5.95 Å². The minimum atomic E-state index is -0.400. The van der Waals surface area contributed by atoms with Gasteiger partial charge in [0, 0.05) is 11.9 Å². The van der Waals surface area contributed by atoms with Gasteiger partial charge in [-0.15, -0.1) is 0 Å². The van der Waals surface area contributed by atoms with Crippen molar-refractivity contribution in [1.82, 2.24) is 9.97 Å². The zero-order chi connectivity index (χ0) is 15.2. The molecule has 0 saturated carbocycles. The van der Waals surface area contributed by atoms with E-state index in [1.807, 2.05) is 24.3 Å². The van der Waals surface area contributed by atoms with Crippen LogP contribution in [0, 0.1) is 5.92 Å². The van der Waals surface area contributed by atoms with Crippen molar-refractivity contribution < 1.29 is 5.11 Å². The molecule has 1 unspecified atom stereocenters. The third kappa shape index (κ3) is 3.59. The van der Waals surface area contributed by atoms with Crippen LogP contribution in [0.15, 0.2) is 24.3 Å². The summed E-state index contributed by atoms with van der Waals surface area (Å²) >= 11 is 0. The fourth-order valence-electron chi connectivity index (χ4n) is 2.48. The number of anilines is 2. The van der Waals surface area contributed by atoms with Gasteiger partial charge in [-0.1, -0.05) is 38.8 Å². The normalized spacial score (nSPS) is 12.6. The van der Waals surface area contributed by atoms with E-state index in [1.54, 1.807) is 0 Å². The van der Waals surface area contributed by atoms with Crippen molar-refractivity contribution in [2.45, 2.75) is 32.8 Å². The van der Waals surface area contributed by atoms with E-state index in [9.17, 15) is 5.11 Å². The minimum absolute atomic E-state index is 0.290. The van der Waals surface area contributed by atoms with E-state index in [-0.39, 0.29) is 5.92 Å². The average molecular weight is 289 g/mol. The van der Waals surface area contributed by atoms with Crippen LogP contribution in [-0.2, 0) is 0 Å². The van der Waals surface area contributed by atoms with Gasteiger partial charge >= 0.3 is 0 Å². The molecule has 1 aromatic carbocycles. The molecule has 114 valence electrons. The van der Waals surface area contributed by atoms with Gasteiger partial charge in [-0.05, 0) is 18.1 Å². The van der Waals surface area contributed by atoms with Gasteiger partial charge in [0.25, 0.3) is 0 Å². The second kappa shape index (κ2) is 7.19. The highest BCUT2D eigenvalue weighted by Crippen LogP contribution is 2.22. The van der Waals surface area contributed by atoms with Gasteiger partial charge in [-0.25, -0.2) is 10.8 Å². The molecule has 2 rings (SSSR count). The fourth-order valence-corrected chi connectivity index (χ4v) is 2.48. The summed E-state index contributed by atoms with van der Waals surface area (Å²) in [4.78, 5) is 8.63. The molecule has 0 aliphatic rings. The van der Waals surface area contributed by atoms with Crippen LogP contribution in [-0.4, -0.2) is 27.7 Å². The highest BCUT2D eigenvalue weighted by Gasteiger charge is 2.16. The van der Waals surface area contributed by atoms with Crippen molar-refractivity contribution in [3.05, 3.63) is 24.3 Å². The average Bonchev–Trinajstić information content (AvgIpc) is 2.53. The van der Waals surface area contributed by atoms with Gasteiger partial charge in [-0.3, -0.25) is 5.43 Å². The molecule has 6 nitrogen and oxygen atoms in total. The first kappa shape index (κ1) is 15.5. The van der Waals surface area contributed by atoms with Crippen molar-refractivity contribution in [1.29, 1.82) is 0 Å². The Labute approximate surface area is 124 Å². The number of aliphatic hydroxyl groups is 1. The van der Waals surface area contributed by atoms with Crippen molar-refractivity contribution in [2.24, 2.45) is 11.8 Å². The Kier molecular flexibility index (Phi) is 5.30. The Morgan fingerprint density at radius 1 is 1.19 bits per heavy atom. The number of benzene rings is 1. The Bertz CT molecular complexity index is 585. The van der Waals surface area contributed by atoms with Gasteiger partial charge < -0.3 is 10.4 Å². The molecule has 0 bridgehead atoms. The summed E-state index contributed by atoms with van der Waals surface area (Å²) in [5.74, 6) is 6.73. The quantitative estimate of drug-likeness (QED) is 0.460. The van der Waals surface area contributed by atoms with E-state index in [2.05, 4.69) is 34.6 Å². The number of rotatable bonds is 7. The predicted molar refractivity (Wildman–Crippen MR) is 85.9 cm³/mol. The van der Waals surface area contributed by atoms with Crippen LogP contribution in [0.25, 0.3) is 10.9 Å². The third-order valence-corrected chi connectivity index (χ3v) is 3.80. The monoisotopic (exact) mass is 289 g/mol. The maximum atomic E-state index is 10.2. The molecule has 0 aliphatic carbocycles. The zero-order valence-corrected chi connectivity index (χ0v) is 12.5. The first-order chi connectivity index (χ1) is 10.2. The number of nitrogen functional groups attached to an aromatic ring is 1. The molecule has 6 heteroatoms. The van der Waals surface area contributed by atoms with Gasteiger partial charge in [0.15, 0.2) is 0 Å². The molecule has 2 aromatic rings. The number of nitrogens with two attached hydrogens (primary N) is 1. The van der Waals surface area contributed by atoms with Crippen LogP contribution in [0.1, 0.15) is 26.7 Å². The number of hydrogen-bond acceptors (Lipinski definition) is 6. The largest absolute Gasteiger partial charge is 0.391 e. The molecule has 5 N–H and O–H groups in total. The molecule has 0 radical (unpaired) electrons. The fraction of sp³-hybridized carbons (Fsp3) is 0.467. The molecule has 0 amide bonds. The van der Waals surface area contributed by atoms with E-state index in [4.69, 9.17) is 5.84 Å². The maximum absolute atomic E-state index is 10.2. The summed E-state index contributed by atoms with van der Waals surface area (Å²) < 4.78 is 0. The van der Waals surface area contributed by atoms with Crippen LogP contribution in [0.5, 0.6) is 0 Å². The summed E-state index contributed by atoms with van der Waals surface area (Å²) in [6.45, 7) is 4.64. The summed E-state index contributed by atoms with van der Waals surface area (Å²) in [6, 6.07) is 7.70. The smallest absolute Gasteiger partial charge is 0.239 e. The Hall–Kier alpha value is -1.92. The lowest BCUT2D eigenvalue weighted by Gasteiger charge is -2.21. The predicted octanol–water partition coefficient (Wildman–Crippen LogP) is 2.12. The van der Waals surface area contributed by atoms with Crippen molar-refractivity contribution in [3.8, 4) is 0 Å². The second-order valence-electron chi connectivity index (χ2n) is 5.08. The number of aromatic nitrogens is 2. The number of aliphatic hydroxyl groups excluding tert-OH is 1.